The molecule has 0 saturated carbocycles. The Morgan fingerprint density at radius 1 is 1.08 bits per heavy atom. The first-order valence-corrected chi connectivity index (χ1v) is 9.33. The number of amides is 2. The summed E-state index contributed by atoms with van der Waals surface area (Å²) in [5.74, 6) is -0.154. The van der Waals surface area contributed by atoms with Gasteiger partial charge in [-0.1, -0.05) is 37.0 Å². The van der Waals surface area contributed by atoms with Crippen LogP contribution in [0.1, 0.15) is 44.6 Å². The molecule has 2 rings (SSSR count). The van der Waals surface area contributed by atoms with Crippen molar-refractivity contribution in [1.82, 2.24) is 9.80 Å². The van der Waals surface area contributed by atoms with E-state index in [1.54, 1.807) is 7.05 Å². The quantitative estimate of drug-likeness (QED) is 0.892. The summed E-state index contributed by atoms with van der Waals surface area (Å²) in [6.45, 7) is 5.97. The number of hydrogen-bond acceptors (Lipinski definition) is 3. The zero-order valence-electron chi connectivity index (χ0n) is 15.8. The summed E-state index contributed by atoms with van der Waals surface area (Å²) in [5.41, 5.74) is 1.90. The predicted octanol–water partition coefficient (Wildman–Crippen LogP) is 3.05. The smallest absolute Gasteiger partial charge is 0.243 e. The van der Waals surface area contributed by atoms with Gasteiger partial charge in [0, 0.05) is 12.7 Å². The molecular weight excluding hydrogens is 314 g/mol. The predicted molar refractivity (Wildman–Crippen MR) is 102 cm³/mol. The Kier molecular flexibility index (Phi) is 7.44. The minimum Gasteiger partial charge on any atom is -0.335 e. The first kappa shape index (κ1) is 19.4. The van der Waals surface area contributed by atoms with Crippen molar-refractivity contribution in [1.29, 1.82) is 0 Å². The molecule has 5 nitrogen and oxygen atoms in total. The summed E-state index contributed by atoms with van der Waals surface area (Å²) in [6.07, 6.45) is 6.08. The highest BCUT2D eigenvalue weighted by molar-refractivity contribution is 5.95. The molecule has 0 spiro atoms. The first-order chi connectivity index (χ1) is 12.0. The Hall–Kier alpha value is -1.88. The van der Waals surface area contributed by atoms with Crippen LogP contribution in [0, 0.1) is 6.92 Å². The summed E-state index contributed by atoms with van der Waals surface area (Å²) in [7, 11) is 1.71. The number of rotatable bonds is 5. The van der Waals surface area contributed by atoms with E-state index in [9.17, 15) is 9.59 Å². The lowest BCUT2D eigenvalue weighted by atomic mass is 10.1. The van der Waals surface area contributed by atoms with Crippen molar-refractivity contribution in [2.45, 2.75) is 52.0 Å². The molecule has 1 N–H and O–H groups in total. The van der Waals surface area contributed by atoms with Crippen LogP contribution in [0.2, 0.25) is 0 Å². The number of likely N-dealkylation sites (N-methyl/N-ethyl adjacent to an activating group) is 1. The van der Waals surface area contributed by atoms with Gasteiger partial charge < -0.3 is 10.2 Å². The topological polar surface area (TPSA) is 52.7 Å². The molecule has 2 amide bonds. The first-order valence-electron chi connectivity index (χ1n) is 9.33. The Labute approximate surface area is 151 Å². The van der Waals surface area contributed by atoms with Crippen molar-refractivity contribution >= 4 is 17.5 Å². The van der Waals surface area contributed by atoms with Gasteiger partial charge in [-0.15, -0.1) is 0 Å². The molecule has 1 heterocycles. The molecule has 0 radical (unpaired) electrons. The van der Waals surface area contributed by atoms with Crippen molar-refractivity contribution in [2.75, 3.05) is 32.0 Å². The maximum atomic E-state index is 12.7. The van der Waals surface area contributed by atoms with Crippen LogP contribution >= 0.6 is 0 Å². The fourth-order valence-corrected chi connectivity index (χ4v) is 3.27. The summed E-state index contributed by atoms with van der Waals surface area (Å²) in [4.78, 5) is 28.7. The average Bonchev–Trinajstić information content (AvgIpc) is 2.55. The van der Waals surface area contributed by atoms with Crippen LogP contribution in [-0.2, 0) is 9.59 Å². The number of anilines is 1. The molecule has 1 aromatic carbocycles. The van der Waals surface area contributed by atoms with Crippen LogP contribution in [0.5, 0.6) is 0 Å². The standard InChI is InChI=1S/C20H31N3O2/c1-16-9-11-18(12-10-16)21-19(24)15-22(3)20(25)17(2)23-13-7-5-4-6-8-14-23/h9-12,17H,4-8,13-15H2,1-3H3,(H,21,24)/t17-/m1/s1. The number of nitrogens with zero attached hydrogens (tertiary/aromatic N) is 2. The van der Waals surface area contributed by atoms with Crippen molar-refractivity contribution in [3.05, 3.63) is 29.8 Å². The van der Waals surface area contributed by atoms with Crippen molar-refractivity contribution in [3.63, 3.8) is 0 Å². The lowest BCUT2D eigenvalue weighted by Gasteiger charge is -2.32. The Morgan fingerprint density at radius 3 is 2.24 bits per heavy atom. The summed E-state index contributed by atoms with van der Waals surface area (Å²) >= 11 is 0. The lowest BCUT2D eigenvalue weighted by molar-refractivity contribution is -0.137. The van der Waals surface area contributed by atoms with E-state index in [0.717, 1.165) is 37.2 Å². The number of likely N-dealkylation sites (tertiary alicyclic amines) is 1. The molecule has 25 heavy (non-hydrogen) atoms. The second kappa shape index (κ2) is 9.56. The second-order valence-corrected chi connectivity index (χ2v) is 7.09. The molecule has 1 aliphatic rings. The van der Waals surface area contributed by atoms with E-state index < -0.39 is 0 Å². The van der Waals surface area contributed by atoms with Crippen LogP contribution in [0.4, 0.5) is 5.69 Å². The van der Waals surface area contributed by atoms with Gasteiger partial charge in [-0.3, -0.25) is 14.5 Å². The zero-order valence-corrected chi connectivity index (χ0v) is 15.8. The third-order valence-electron chi connectivity index (χ3n) is 4.89. The fraction of sp³-hybridized carbons (Fsp3) is 0.600. The molecule has 1 aromatic rings. The van der Waals surface area contributed by atoms with E-state index >= 15 is 0 Å². The number of aryl methyl sites for hydroxylation is 1. The molecule has 1 aliphatic heterocycles. The van der Waals surface area contributed by atoms with Gasteiger partial charge in [-0.2, -0.15) is 0 Å². The number of hydrogen-bond donors (Lipinski definition) is 1. The third-order valence-corrected chi connectivity index (χ3v) is 4.89. The third kappa shape index (κ3) is 6.16. The fourth-order valence-electron chi connectivity index (χ4n) is 3.27. The Morgan fingerprint density at radius 2 is 1.64 bits per heavy atom. The highest BCUT2D eigenvalue weighted by Gasteiger charge is 2.25. The molecule has 0 bridgehead atoms. The van der Waals surface area contributed by atoms with E-state index in [1.165, 1.54) is 24.2 Å². The largest absolute Gasteiger partial charge is 0.335 e. The molecule has 0 aromatic heterocycles. The van der Waals surface area contributed by atoms with Gasteiger partial charge in [0.15, 0.2) is 0 Å². The number of nitrogens with one attached hydrogen (secondary N) is 1. The van der Waals surface area contributed by atoms with Crippen LogP contribution < -0.4 is 5.32 Å². The van der Waals surface area contributed by atoms with Gasteiger partial charge >= 0.3 is 0 Å². The molecule has 138 valence electrons. The lowest BCUT2D eigenvalue weighted by Crippen LogP contribution is -2.48. The van der Waals surface area contributed by atoms with Gasteiger partial charge in [-0.25, -0.2) is 0 Å². The van der Waals surface area contributed by atoms with Gasteiger partial charge in [0.2, 0.25) is 11.8 Å². The second-order valence-electron chi connectivity index (χ2n) is 7.09. The average molecular weight is 345 g/mol. The SMILES string of the molecule is Cc1ccc(NC(=O)CN(C)C(=O)[C@@H](C)N2CCCCCCC2)cc1. The van der Waals surface area contributed by atoms with E-state index in [-0.39, 0.29) is 24.4 Å². The van der Waals surface area contributed by atoms with E-state index in [0.29, 0.717) is 0 Å². The molecule has 1 saturated heterocycles. The van der Waals surface area contributed by atoms with Gasteiger partial charge in [0.05, 0.1) is 12.6 Å². The number of carbonyl (C=O) groups is 2. The van der Waals surface area contributed by atoms with Crippen LogP contribution in [0.3, 0.4) is 0 Å². The molecule has 1 fully saturated rings. The summed E-state index contributed by atoms with van der Waals surface area (Å²) < 4.78 is 0. The maximum absolute atomic E-state index is 12.7. The molecule has 0 aliphatic carbocycles. The van der Waals surface area contributed by atoms with E-state index in [2.05, 4.69) is 10.2 Å². The van der Waals surface area contributed by atoms with Crippen LogP contribution in [-0.4, -0.2) is 54.3 Å². The zero-order chi connectivity index (χ0) is 18.2. The maximum Gasteiger partial charge on any atom is 0.243 e. The minimum atomic E-state index is -0.171. The minimum absolute atomic E-state index is 0.0135. The van der Waals surface area contributed by atoms with Crippen LogP contribution in [0.15, 0.2) is 24.3 Å². The monoisotopic (exact) mass is 345 g/mol. The molecular formula is C20H31N3O2. The van der Waals surface area contributed by atoms with E-state index in [1.807, 2.05) is 38.1 Å². The van der Waals surface area contributed by atoms with Gasteiger partial charge in [0.1, 0.15) is 0 Å². The summed E-state index contributed by atoms with van der Waals surface area (Å²) in [5, 5.41) is 2.85. The molecule has 1 atom stereocenters. The van der Waals surface area contributed by atoms with Crippen molar-refractivity contribution in [3.8, 4) is 0 Å². The number of carbonyl (C=O) groups excluding carboxylic acids is 2. The summed E-state index contributed by atoms with van der Waals surface area (Å²) in [6, 6.07) is 7.48. The van der Waals surface area contributed by atoms with Crippen molar-refractivity contribution < 1.29 is 9.59 Å². The van der Waals surface area contributed by atoms with Gasteiger partial charge in [0.25, 0.3) is 0 Å². The normalized spacial score (nSPS) is 17.2. The number of benzene rings is 1. The Balaban J connectivity index is 1.85. The van der Waals surface area contributed by atoms with E-state index in [4.69, 9.17) is 0 Å². The Bertz CT molecular complexity index is 563. The van der Waals surface area contributed by atoms with Gasteiger partial charge in [-0.05, 0) is 51.9 Å². The van der Waals surface area contributed by atoms with Crippen LogP contribution in [0.25, 0.3) is 0 Å². The highest BCUT2D eigenvalue weighted by atomic mass is 16.2. The molecule has 0 unspecified atom stereocenters. The highest BCUT2D eigenvalue weighted by Crippen LogP contribution is 2.14. The molecule has 5 heteroatoms. The van der Waals surface area contributed by atoms with Crippen molar-refractivity contribution in [2.24, 2.45) is 0 Å².